The summed E-state index contributed by atoms with van der Waals surface area (Å²) in [6.07, 6.45) is 0. The Kier molecular flexibility index (Phi) is 3.16. The molecule has 0 aliphatic heterocycles. The van der Waals surface area contributed by atoms with Crippen molar-refractivity contribution in [3.05, 3.63) is 28.8 Å². The zero-order valence-electron chi connectivity index (χ0n) is 7.60. The molecule has 1 aromatic carbocycles. The van der Waals surface area contributed by atoms with Gasteiger partial charge < -0.3 is 4.74 Å². The van der Waals surface area contributed by atoms with E-state index in [0.29, 0.717) is 17.2 Å². The minimum absolute atomic E-state index is 0.361. The lowest BCUT2D eigenvalue weighted by Crippen LogP contribution is -1.94. The van der Waals surface area contributed by atoms with Crippen LogP contribution in [0.15, 0.2) is 12.1 Å². The fourth-order valence-electron chi connectivity index (χ4n) is 1.27. The summed E-state index contributed by atoms with van der Waals surface area (Å²) in [5.74, 6) is 0.947. The average molecular weight is 196 g/mol. The summed E-state index contributed by atoms with van der Waals surface area (Å²) in [6.45, 7) is 1.93. The van der Waals surface area contributed by atoms with Gasteiger partial charge in [0.25, 0.3) is 0 Å². The maximum absolute atomic E-state index is 8.82. The van der Waals surface area contributed by atoms with Gasteiger partial charge in [-0.25, -0.2) is 0 Å². The van der Waals surface area contributed by atoms with Gasteiger partial charge in [-0.1, -0.05) is 6.07 Å². The Bertz CT molecular complexity index is 355. The molecule has 68 valence electrons. The number of alkyl halides is 1. The summed E-state index contributed by atoms with van der Waals surface area (Å²) in [5.41, 5.74) is 2.42. The quantitative estimate of drug-likeness (QED) is 0.680. The van der Waals surface area contributed by atoms with Gasteiger partial charge in [-0.15, -0.1) is 11.6 Å². The average Bonchev–Trinajstić information content (AvgIpc) is 2.16. The van der Waals surface area contributed by atoms with Gasteiger partial charge in [0.1, 0.15) is 11.8 Å². The third kappa shape index (κ3) is 1.93. The second-order valence-electron chi connectivity index (χ2n) is 2.75. The Morgan fingerprint density at radius 3 is 2.69 bits per heavy atom. The highest BCUT2D eigenvalue weighted by Crippen LogP contribution is 2.26. The van der Waals surface area contributed by atoms with Crippen molar-refractivity contribution >= 4 is 11.6 Å². The van der Waals surface area contributed by atoms with Crippen LogP contribution in [0.3, 0.4) is 0 Å². The van der Waals surface area contributed by atoms with Crippen molar-refractivity contribution < 1.29 is 4.74 Å². The second kappa shape index (κ2) is 4.15. The van der Waals surface area contributed by atoms with Crippen molar-refractivity contribution in [1.82, 2.24) is 0 Å². The van der Waals surface area contributed by atoms with Gasteiger partial charge in [0.05, 0.1) is 18.6 Å². The third-order valence-electron chi connectivity index (χ3n) is 1.78. The Labute approximate surface area is 82.7 Å². The molecule has 0 unspecified atom stereocenters. The number of aryl methyl sites for hydroxylation is 1. The van der Waals surface area contributed by atoms with Crippen molar-refractivity contribution in [2.75, 3.05) is 7.11 Å². The van der Waals surface area contributed by atoms with Gasteiger partial charge in [-0.05, 0) is 18.6 Å². The van der Waals surface area contributed by atoms with E-state index in [1.807, 2.05) is 13.0 Å². The Morgan fingerprint density at radius 2 is 2.23 bits per heavy atom. The van der Waals surface area contributed by atoms with Crippen LogP contribution in [0, 0.1) is 18.3 Å². The first kappa shape index (κ1) is 9.88. The van der Waals surface area contributed by atoms with Crippen LogP contribution in [-0.2, 0) is 5.88 Å². The van der Waals surface area contributed by atoms with Gasteiger partial charge in [-0.3, -0.25) is 0 Å². The van der Waals surface area contributed by atoms with Crippen LogP contribution in [0.1, 0.15) is 16.7 Å². The Balaban J connectivity index is 3.36. The molecule has 0 saturated carbocycles. The zero-order chi connectivity index (χ0) is 9.84. The first-order chi connectivity index (χ1) is 6.22. The number of ether oxygens (including phenoxy) is 1. The maximum atomic E-state index is 8.82. The summed E-state index contributed by atoms with van der Waals surface area (Å²) in [4.78, 5) is 0. The van der Waals surface area contributed by atoms with E-state index in [1.54, 1.807) is 13.2 Å². The van der Waals surface area contributed by atoms with E-state index in [0.717, 1.165) is 11.1 Å². The van der Waals surface area contributed by atoms with Crippen molar-refractivity contribution in [2.24, 2.45) is 0 Å². The molecule has 0 amide bonds. The minimum atomic E-state index is 0.361. The fourth-order valence-corrected chi connectivity index (χ4v) is 1.47. The lowest BCUT2D eigenvalue weighted by molar-refractivity contribution is 0.410. The first-order valence-electron chi connectivity index (χ1n) is 3.86. The molecule has 0 fully saturated rings. The first-order valence-corrected chi connectivity index (χ1v) is 4.40. The van der Waals surface area contributed by atoms with E-state index in [4.69, 9.17) is 21.6 Å². The van der Waals surface area contributed by atoms with Gasteiger partial charge >= 0.3 is 0 Å². The highest BCUT2D eigenvalue weighted by atomic mass is 35.5. The lowest BCUT2D eigenvalue weighted by Gasteiger charge is -2.08. The monoisotopic (exact) mass is 195 g/mol. The van der Waals surface area contributed by atoms with Gasteiger partial charge in [-0.2, -0.15) is 5.26 Å². The molecule has 13 heavy (non-hydrogen) atoms. The summed E-state index contributed by atoms with van der Waals surface area (Å²) in [6, 6.07) is 5.79. The van der Waals surface area contributed by atoms with Crippen LogP contribution in [0.4, 0.5) is 0 Å². The molecule has 0 radical (unpaired) electrons. The number of hydrogen-bond donors (Lipinski definition) is 0. The molecule has 0 heterocycles. The molecule has 0 atom stereocenters. The van der Waals surface area contributed by atoms with Gasteiger partial charge in [0.15, 0.2) is 0 Å². The summed E-state index contributed by atoms with van der Waals surface area (Å²) >= 11 is 5.72. The smallest absolute Gasteiger partial charge is 0.141 e. The highest BCUT2D eigenvalue weighted by molar-refractivity contribution is 6.17. The molecule has 1 aromatic rings. The number of nitriles is 1. The molecule has 0 aliphatic carbocycles. The zero-order valence-corrected chi connectivity index (χ0v) is 8.35. The summed E-state index contributed by atoms with van der Waals surface area (Å²) < 4.78 is 5.11. The minimum Gasteiger partial charge on any atom is -0.495 e. The van der Waals surface area contributed by atoms with E-state index in [2.05, 4.69) is 6.07 Å². The molecule has 2 nitrogen and oxygen atoms in total. The van der Waals surface area contributed by atoms with Crippen molar-refractivity contribution in [2.45, 2.75) is 12.8 Å². The Hall–Kier alpha value is -1.20. The van der Waals surface area contributed by atoms with Crippen LogP contribution in [0.2, 0.25) is 0 Å². The topological polar surface area (TPSA) is 33.0 Å². The standard InChI is InChI=1S/C10H10ClNO/c1-7-3-8(5-11)10(13-2)9(4-7)6-12/h3-4H,5H2,1-2H3. The molecular weight excluding hydrogens is 186 g/mol. The largest absolute Gasteiger partial charge is 0.495 e. The van der Waals surface area contributed by atoms with Crippen LogP contribution in [0.5, 0.6) is 5.75 Å². The summed E-state index contributed by atoms with van der Waals surface area (Å²) in [7, 11) is 1.54. The normalized spacial score (nSPS) is 9.38. The van der Waals surface area contributed by atoms with Crippen LogP contribution in [0.25, 0.3) is 0 Å². The molecule has 0 bridgehead atoms. The third-order valence-corrected chi connectivity index (χ3v) is 2.07. The van der Waals surface area contributed by atoms with Crippen molar-refractivity contribution in [3.63, 3.8) is 0 Å². The second-order valence-corrected chi connectivity index (χ2v) is 3.02. The molecule has 0 aliphatic rings. The maximum Gasteiger partial charge on any atom is 0.141 e. The van der Waals surface area contributed by atoms with E-state index in [1.165, 1.54) is 0 Å². The number of hydrogen-bond acceptors (Lipinski definition) is 2. The fraction of sp³-hybridized carbons (Fsp3) is 0.300. The Morgan fingerprint density at radius 1 is 1.54 bits per heavy atom. The van der Waals surface area contributed by atoms with Crippen molar-refractivity contribution in [3.8, 4) is 11.8 Å². The number of methoxy groups -OCH3 is 1. The lowest BCUT2D eigenvalue weighted by atomic mass is 10.1. The molecule has 0 N–H and O–H groups in total. The molecule has 3 heteroatoms. The highest BCUT2D eigenvalue weighted by Gasteiger charge is 2.08. The summed E-state index contributed by atoms with van der Waals surface area (Å²) in [5, 5.41) is 8.82. The van der Waals surface area contributed by atoms with Crippen LogP contribution < -0.4 is 4.74 Å². The predicted molar refractivity (Wildman–Crippen MR) is 52.0 cm³/mol. The van der Waals surface area contributed by atoms with Gasteiger partial charge in [0.2, 0.25) is 0 Å². The number of benzene rings is 1. The van der Waals surface area contributed by atoms with E-state index >= 15 is 0 Å². The number of halogens is 1. The SMILES string of the molecule is COc1c(C#N)cc(C)cc1CCl. The molecule has 0 saturated heterocycles. The van der Waals surface area contributed by atoms with Gasteiger partial charge in [0, 0.05) is 5.56 Å². The van der Waals surface area contributed by atoms with E-state index in [9.17, 15) is 0 Å². The predicted octanol–water partition coefficient (Wildman–Crippen LogP) is 2.61. The van der Waals surface area contributed by atoms with Crippen LogP contribution in [-0.4, -0.2) is 7.11 Å². The van der Waals surface area contributed by atoms with Crippen LogP contribution >= 0.6 is 11.6 Å². The molecule has 0 spiro atoms. The van der Waals surface area contributed by atoms with E-state index in [-0.39, 0.29) is 0 Å². The number of nitrogens with zero attached hydrogens (tertiary/aromatic N) is 1. The molecule has 0 aromatic heterocycles. The molecular formula is C10H10ClNO. The molecule has 1 rings (SSSR count). The number of rotatable bonds is 2. The van der Waals surface area contributed by atoms with Crippen molar-refractivity contribution in [1.29, 1.82) is 5.26 Å². The van der Waals surface area contributed by atoms with E-state index < -0.39 is 0 Å².